The van der Waals surface area contributed by atoms with E-state index >= 15 is 0 Å². The zero-order valence-electron chi connectivity index (χ0n) is 10.1. The number of ether oxygens (including phenoxy) is 1. The van der Waals surface area contributed by atoms with E-state index in [-0.39, 0.29) is 0 Å². The Morgan fingerprint density at radius 2 is 1.89 bits per heavy atom. The smallest absolute Gasteiger partial charge is 0.339 e. The Kier molecular flexibility index (Phi) is 3.44. The molecule has 0 aliphatic carbocycles. The number of hydrogen-bond donors (Lipinski definition) is 1. The molecule has 0 heterocycles. The fraction of sp³-hybridized carbons (Fsp3) is 0.133. The van der Waals surface area contributed by atoms with Crippen LogP contribution in [0.2, 0.25) is 0 Å². The van der Waals surface area contributed by atoms with Gasteiger partial charge in [0.2, 0.25) is 0 Å². The molecular weight excluding hydrogens is 228 g/mol. The van der Waals surface area contributed by atoms with E-state index in [1.165, 1.54) is 7.11 Å². The van der Waals surface area contributed by atoms with Gasteiger partial charge in [-0.15, -0.1) is 0 Å². The van der Waals surface area contributed by atoms with Gasteiger partial charge in [0.1, 0.15) is 0 Å². The number of hydrogen-bond acceptors (Lipinski definition) is 3. The van der Waals surface area contributed by atoms with Gasteiger partial charge in [-0.05, 0) is 28.0 Å². The molecule has 0 spiro atoms. The Labute approximate surface area is 105 Å². The molecule has 2 rings (SSSR count). The number of aliphatic hydroxyl groups excluding tert-OH is 1. The molecule has 0 radical (unpaired) electrons. The lowest BCUT2D eigenvalue weighted by molar-refractivity contribution is -0.147. The molecule has 3 nitrogen and oxygen atoms in total. The molecule has 0 aliphatic rings. The summed E-state index contributed by atoms with van der Waals surface area (Å²) in [7, 11) is 1.24. The molecule has 3 heteroatoms. The van der Waals surface area contributed by atoms with Crippen molar-refractivity contribution in [2.75, 3.05) is 7.11 Å². The maximum absolute atomic E-state index is 11.3. The maximum Gasteiger partial charge on any atom is 0.339 e. The standard InChI is InChI=1S/C15H14O3/c1-10(14(16)15(17)18-2)12-8-7-11-5-3-4-6-13(11)9-12/h3-9,14,16H,1H2,2H3. The van der Waals surface area contributed by atoms with Crippen LogP contribution >= 0.6 is 0 Å². The predicted molar refractivity (Wildman–Crippen MR) is 71.0 cm³/mol. The summed E-state index contributed by atoms with van der Waals surface area (Å²) in [6.45, 7) is 3.75. The molecule has 1 N–H and O–H groups in total. The molecule has 0 amide bonds. The molecule has 0 aliphatic heterocycles. The first-order chi connectivity index (χ1) is 8.63. The van der Waals surface area contributed by atoms with Gasteiger partial charge in [-0.1, -0.05) is 43.0 Å². The van der Waals surface area contributed by atoms with Crippen molar-refractivity contribution in [3.8, 4) is 0 Å². The average Bonchev–Trinajstić information content (AvgIpc) is 2.44. The number of fused-ring (bicyclic) bond motifs is 1. The summed E-state index contributed by atoms with van der Waals surface area (Å²) in [5.41, 5.74) is 1.07. The topological polar surface area (TPSA) is 46.5 Å². The van der Waals surface area contributed by atoms with Crippen LogP contribution in [0.3, 0.4) is 0 Å². The van der Waals surface area contributed by atoms with Gasteiger partial charge < -0.3 is 9.84 Å². The average molecular weight is 242 g/mol. The Balaban J connectivity index is 2.36. The Hall–Kier alpha value is -2.13. The number of methoxy groups -OCH3 is 1. The van der Waals surface area contributed by atoms with Gasteiger partial charge in [-0.25, -0.2) is 4.79 Å². The summed E-state index contributed by atoms with van der Waals surface area (Å²) in [5.74, 6) is -0.701. The van der Waals surface area contributed by atoms with Gasteiger partial charge in [0, 0.05) is 0 Å². The van der Waals surface area contributed by atoms with Gasteiger partial charge in [0.25, 0.3) is 0 Å². The van der Waals surface area contributed by atoms with E-state index in [1.54, 1.807) is 0 Å². The van der Waals surface area contributed by atoms with Gasteiger partial charge in [-0.2, -0.15) is 0 Å². The highest BCUT2D eigenvalue weighted by atomic mass is 16.5. The van der Waals surface area contributed by atoms with Crippen molar-refractivity contribution in [2.45, 2.75) is 6.10 Å². The first-order valence-electron chi connectivity index (χ1n) is 5.57. The monoisotopic (exact) mass is 242 g/mol. The van der Waals surface area contributed by atoms with Crippen LogP contribution in [0.15, 0.2) is 49.0 Å². The van der Waals surface area contributed by atoms with Gasteiger partial charge >= 0.3 is 5.97 Å². The predicted octanol–water partition coefficient (Wildman–Crippen LogP) is 2.39. The summed E-state index contributed by atoms with van der Waals surface area (Å²) < 4.78 is 4.49. The van der Waals surface area contributed by atoms with Crippen LogP contribution in [-0.4, -0.2) is 24.3 Å². The SMILES string of the molecule is C=C(c1ccc2ccccc2c1)C(O)C(=O)OC. The van der Waals surface area contributed by atoms with Crippen LogP contribution in [0.25, 0.3) is 16.3 Å². The fourth-order valence-electron chi connectivity index (χ4n) is 1.80. The summed E-state index contributed by atoms with van der Waals surface area (Å²) >= 11 is 0. The van der Waals surface area contributed by atoms with Crippen molar-refractivity contribution in [1.29, 1.82) is 0 Å². The van der Waals surface area contributed by atoms with E-state index in [9.17, 15) is 9.90 Å². The second kappa shape index (κ2) is 5.02. The first-order valence-corrected chi connectivity index (χ1v) is 5.57. The molecule has 92 valence electrons. The molecular formula is C15H14O3. The third-order valence-electron chi connectivity index (χ3n) is 2.87. The third-order valence-corrected chi connectivity index (χ3v) is 2.87. The van der Waals surface area contributed by atoms with Crippen molar-refractivity contribution in [1.82, 2.24) is 0 Å². The van der Waals surface area contributed by atoms with Crippen LogP contribution in [0, 0.1) is 0 Å². The molecule has 0 bridgehead atoms. The van der Waals surface area contributed by atoms with Crippen molar-refractivity contribution >= 4 is 22.3 Å². The van der Waals surface area contributed by atoms with Crippen LogP contribution in [0.4, 0.5) is 0 Å². The quantitative estimate of drug-likeness (QED) is 0.841. The van der Waals surface area contributed by atoms with Gasteiger partial charge in [0.15, 0.2) is 6.10 Å². The Morgan fingerprint density at radius 1 is 1.22 bits per heavy atom. The zero-order valence-corrected chi connectivity index (χ0v) is 10.1. The van der Waals surface area contributed by atoms with E-state index in [4.69, 9.17) is 0 Å². The number of carbonyl (C=O) groups is 1. The van der Waals surface area contributed by atoms with Crippen molar-refractivity contribution in [2.24, 2.45) is 0 Å². The van der Waals surface area contributed by atoms with Crippen LogP contribution in [0.1, 0.15) is 5.56 Å². The molecule has 1 unspecified atom stereocenters. The summed E-state index contributed by atoms with van der Waals surface area (Å²) in [6.07, 6.45) is -1.32. The minimum Gasteiger partial charge on any atom is -0.467 e. The Morgan fingerprint density at radius 3 is 2.56 bits per heavy atom. The second-order valence-corrected chi connectivity index (χ2v) is 4.01. The lowest BCUT2D eigenvalue weighted by Gasteiger charge is -2.12. The second-order valence-electron chi connectivity index (χ2n) is 4.01. The van der Waals surface area contributed by atoms with Crippen molar-refractivity contribution < 1.29 is 14.6 Å². The number of esters is 1. The minimum absolute atomic E-state index is 0.340. The lowest BCUT2D eigenvalue weighted by atomic mass is 9.99. The van der Waals surface area contributed by atoms with Crippen LogP contribution in [-0.2, 0) is 9.53 Å². The maximum atomic E-state index is 11.3. The highest BCUT2D eigenvalue weighted by Gasteiger charge is 2.20. The molecule has 18 heavy (non-hydrogen) atoms. The summed E-state index contributed by atoms with van der Waals surface area (Å²) in [6, 6.07) is 13.5. The fourth-order valence-corrected chi connectivity index (χ4v) is 1.80. The number of benzene rings is 2. The van der Waals surface area contributed by atoms with Gasteiger partial charge in [0.05, 0.1) is 7.11 Å². The highest BCUT2D eigenvalue weighted by molar-refractivity contribution is 5.93. The summed E-state index contributed by atoms with van der Waals surface area (Å²) in [4.78, 5) is 11.3. The largest absolute Gasteiger partial charge is 0.467 e. The highest BCUT2D eigenvalue weighted by Crippen LogP contribution is 2.22. The van der Waals surface area contributed by atoms with E-state index < -0.39 is 12.1 Å². The van der Waals surface area contributed by atoms with Crippen LogP contribution < -0.4 is 0 Å². The van der Waals surface area contributed by atoms with E-state index in [0.29, 0.717) is 5.57 Å². The molecule has 0 fully saturated rings. The normalized spacial score (nSPS) is 12.1. The van der Waals surface area contributed by atoms with Crippen molar-refractivity contribution in [3.63, 3.8) is 0 Å². The molecule has 2 aromatic rings. The first kappa shape index (κ1) is 12.3. The molecule has 2 aromatic carbocycles. The van der Waals surface area contributed by atoms with E-state index in [0.717, 1.165) is 16.3 Å². The lowest BCUT2D eigenvalue weighted by Crippen LogP contribution is -2.22. The minimum atomic E-state index is -1.32. The molecule has 1 atom stereocenters. The zero-order chi connectivity index (χ0) is 13.1. The van der Waals surface area contributed by atoms with E-state index in [1.807, 2.05) is 42.5 Å². The van der Waals surface area contributed by atoms with E-state index in [2.05, 4.69) is 11.3 Å². The molecule has 0 saturated carbocycles. The van der Waals surface area contributed by atoms with Crippen molar-refractivity contribution in [3.05, 3.63) is 54.6 Å². The third kappa shape index (κ3) is 2.26. The number of aliphatic hydroxyl groups is 1. The molecule has 0 aromatic heterocycles. The molecule has 0 saturated heterocycles. The Bertz CT molecular complexity index is 601. The number of rotatable bonds is 3. The van der Waals surface area contributed by atoms with Gasteiger partial charge in [-0.3, -0.25) is 0 Å². The summed E-state index contributed by atoms with van der Waals surface area (Å²) in [5, 5.41) is 11.9. The number of carbonyl (C=O) groups excluding carboxylic acids is 1. The van der Waals surface area contributed by atoms with Crippen LogP contribution in [0.5, 0.6) is 0 Å².